The van der Waals surface area contributed by atoms with E-state index in [1.165, 1.54) is 22.7 Å². The molecule has 0 spiro atoms. The Hall–Kier alpha value is -0.660. The second-order valence-electron chi connectivity index (χ2n) is 3.10. The standard InChI is InChI=1S/C9H12ClF2N3OS/c1-17-9-13-6(10)4-8(14-9)15(2-3-16)5-7(11)12/h4,7,16H,2-3,5H2,1H3. The van der Waals surface area contributed by atoms with Gasteiger partial charge < -0.3 is 10.0 Å². The van der Waals surface area contributed by atoms with E-state index >= 15 is 0 Å². The quantitative estimate of drug-likeness (QED) is 0.491. The van der Waals surface area contributed by atoms with Crippen LogP contribution in [0.2, 0.25) is 5.15 Å². The number of aliphatic hydroxyl groups excluding tert-OH is 1. The normalized spacial score (nSPS) is 10.9. The first kappa shape index (κ1) is 14.4. The molecule has 1 N–H and O–H groups in total. The summed E-state index contributed by atoms with van der Waals surface area (Å²) in [6, 6.07) is 1.40. The third-order valence-electron chi connectivity index (χ3n) is 1.90. The maximum Gasteiger partial charge on any atom is 0.255 e. The van der Waals surface area contributed by atoms with Gasteiger partial charge in [0.2, 0.25) is 0 Å². The van der Waals surface area contributed by atoms with Crippen LogP contribution in [0.25, 0.3) is 0 Å². The number of thioether (sulfide) groups is 1. The van der Waals surface area contributed by atoms with Crippen LogP contribution < -0.4 is 4.90 Å². The van der Waals surface area contributed by atoms with E-state index in [-0.39, 0.29) is 18.3 Å². The number of aromatic nitrogens is 2. The van der Waals surface area contributed by atoms with Gasteiger partial charge >= 0.3 is 0 Å². The Bertz CT molecular complexity index is 370. The number of hydrogen-bond acceptors (Lipinski definition) is 5. The summed E-state index contributed by atoms with van der Waals surface area (Å²) in [6.45, 7) is -0.657. The van der Waals surface area contributed by atoms with E-state index in [0.717, 1.165) is 0 Å². The minimum atomic E-state index is -2.51. The van der Waals surface area contributed by atoms with Gasteiger partial charge in [0.15, 0.2) is 5.16 Å². The van der Waals surface area contributed by atoms with Crippen molar-refractivity contribution in [3.05, 3.63) is 11.2 Å². The predicted molar refractivity (Wildman–Crippen MR) is 64.1 cm³/mol. The third-order valence-corrected chi connectivity index (χ3v) is 2.64. The molecular formula is C9H12ClF2N3OS. The largest absolute Gasteiger partial charge is 0.395 e. The van der Waals surface area contributed by atoms with Crippen LogP contribution >= 0.6 is 23.4 Å². The summed E-state index contributed by atoms with van der Waals surface area (Å²) in [7, 11) is 0. The van der Waals surface area contributed by atoms with Crippen molar-refractivity contribution in [3.8, 4) is 0 Å². The topological polar surface area (TPSA) is 49.2 Å². The molecule has 1 aromatic rings. The molecule has 0 aromatic carbocycles. The fourth-order valence-corrected chi connectivity index (χ4v) is 1.83. The molecule has 0 radical (unpaired) electrons. The first-order valence-electron chi connectivity index (χ1n) is 4.79. The van der Waals surface area contributed by atoms with Gasteiger partial charge in [-0.2, -0.15) is 0 Å². The van der Waals surface area contributed by atoms with Crippen molar-refractivity contribution in [3.63, 3.8) is 0 Å². The molecule has 1 aromatic heterocycles. The molecule has 17 heavy (non-hydrogen) atoms. The molecule has 4 nitrogen and oxygen atoms in total. The van der Waals surface area contributed by atoms with Crippen molar-refractivity contribution in [2.75, 3.05) is 30.9 Å². The molecule has 0 saturated carbocycles. The van der Waals surface area contributed by atoms with Gasteiger partial charge in [-0.1, -0.05) is 23.4 Å². The molecule has 0 unspecified atom stereocenters. The summed E-state index contributed by atoms with van der Waals surface area (Å²) in [5.74, 6) is 0.295. The van der Waals surface area contributed by atoms with Crippen LogP contribution in [0.15, 0.2) is 11.2 Å². The van der Waals surface area contributed by atoms with E-state index in [4.69, 9.17) is 16.7 Å². The third kappa shape index (κ3) is 4.61. The fraction of sp³-hybridized carbons (Fsp3) is 0.556. The summed E-state index contributed by atoms with van der Waals surface area (Å²) in [6.07, 6.45) is -0.744. The molecule has 0 saturated heterocycles. The van der Waals surface area contributed by atoms with Crippen LogP contribution in [0.5, 0.6) is 0 Å². The van der Waals surface area contributed by atoms with Gasteiger partial charge in [0.05, 0.1) is 13.2 Å². The zero-order valence-electron chi connectivity index (χ0n) is 9.11. The monoisotopic (exact) mass is 283 g/mol. The Labute approximate surface area is 107 Å². The van der Waals surface area contributed by atoms with Crippen LogP contribution in [0.4, 0.5) is 14.6 Å². The molecule has 1 heterocycles. The zero-order valence-corrected chi connectivity index (χ0v) is 10.7. The van der Waals surface area contributed by atoms with E-state index < -0.39 is 13.0 Å². The Kier molecular flexibility index (Phi) is 5.87. The highest BCUT2D eigenvalue weighted by molar-refractivity contribution is 7.98. The number of halogens is 3. The lowest BCUT2D eigenvalue weighted by Gasteiger charge is -2.22. The van der Waals surface area contributed by atoms with Gasteiger partial charge in [-0.15, -0.1) is 0 Å². The SMILES string of the molecule is CSc1nc(Cl)cc(N(CCO)CC(F)F)n1. The molecule has 1 rings (SSSR count). The molecule has 0 aliphatic carbocycles. The number of rotatable bonds is 6. The average molecular weight is 284 g/mol. The zero-order chi connectivity index (χ0) is 12.8. The van der Waals surface area contributed by atoms with Crippen LogP contribution in [0.3, 0.4) is 0 Å². The number of alkyl halides is 2. The summed E-state index contributed by atoms with van der Waals surface area (Å²) in [5, 5.41) is 9.44. The summed E-state index contributed by atoms with van der Waals surface area (Å²) < 4.78 is 24.7. The van der Waals surface area contributed by atoms with Gasteiger partial charge in [0.25, 0.3) is 6.43 Å². The van der Waals surface area contributed by atoms with E-state index in [0.29, 0.717) is 11.0 Å². The smallest absolute Gasteiger partial charge is 0.255 e. The first-order valence-corrected chi connectivity index (χ1v) is 6.39. The van der Waals surface area contributed by atoms with Gasteiger partial charge in [-0.3, -0.25) is 0 Å². The van der Waals surface area contributed by atoms with Crippen molar-refractivity contribution in [2.24, 2.45) is 0 Å². The molecule has 0 aliphatic heterocycles. The summed E-state index contributed by atoms with van der Waals surface area (Å²) in [4.78, 5) is 9.26. The lowest BCUT2D eigenvalue weighted by Crippen LogP contribution is -2.32. The van der Waals surface area contributed by atoms with E-state index in [1.54, 1.807) is 6.26 Å². The highest BCUT2D eigenvalue weighted by Gasteiger charge is 2.15. The van der Waals surface area contributed by atoms with Crippen molar-refractivity contribution in [2.45, 2.75) is 11.6 Å². The molecule has 0 fully saturated rings. The van der Waals surface area contributed by atoms with Crippen LogP contribution in [0, 0.1) is 0 Å². The molecule has 8 heteroatoms. The lowest BCUT2D eigenvalue weighted by molar-refractivity contribution is 0.152. The minimum absolute atomic E-state index is 0.0749. The second kappa shape index (κ2) is 6.93. The van der Waals surface area contributed by atoms with Crippen LogP contribution in [-0.2, 0) is 0 Å². The van der Waals surface area contributed by atoms with Crippen molar-refractivity contribution < 1.29 is 13.9 Å². The maximum atomic E-state index is 12.4. The molecule has 0 bridgehead atoms. The summed E-state index contributed by atoms with van der Waals surface area (Å²) >= 11 is 7.04. The van der Waals surface area contributed by atoms with Crippen molar-refractivity contribution in [1.29, 1.82) is 0 Å². The first-order chi connectivity index (χ1) is 8.06. The number of anilines is 1. The number of nitrogens with zero attached hydrogens (tertiary/aromatic N) is 3. The minimum Gasteiger partial charge on any atom is -0.395 e. The van der Waals surface area contributed by atoms with Crippen molar-refractivity contribution in [1.82, 2.24) is 9.97 Å². The Morgan fingerprint density at radius 3 is 2.76 bits per heavy atom. The Morgan fingerprint density at radius 2 is 2.24 bits per heavy atom. The lowest BCUT2D eigenvalue weighted by atomic mass is 10.4. The van der Waals surface area contributed by atoms with Crippen molar-refractivity contribution >= 4 is 29.2 Å². The predicted octanol–water partition coefficient (Wildman–Crippen LogP) is 1.92. The second-order valence-corrected chi connectivity index (χ2v) is 4.26. The Morgan fingerprint density at radius 1 is 1.53 bits per heavy atom. The van der Waals surface area contributed by atoms with Gasteiger partial charge in [-0.25, -0.2) is 18.7 Å². The molecule has 0 aliphatic rings. The molecule has 0 amide bonds. The molecule has 0 atom stereocenters. The molecular weight excluding hydrogens is 272 g/mol. The highest BCUT2D eigenvalue weighted by atomic mass is 35.5. The fourth-order valence-electron chi connectivity index (χ4n) is 1.23. The van der Waals surface area contributed by atoms with Crippen LogP contribution in [-0.4, -0.2) is 47.5 Å². The number of hydrogen-bond donors (Lipinski definition) is 1. The van der Waals surface area contributed by atoms with Gasteiger partial charge in [0.1, 0.15) is 11.0 Å². The average Bonchev–Trinajstić information content (AvgIpc) is 2.27. The van der Waals surface area contributed by atoms with E-state index in [1.807, 2.05) is 0 Å². The maximum absolute atomic E-state index is 12.4. The van der Waals surface area contributed by atoms with E-state index in [9.17, 15) is 8.78 Å². The van der Waals surface area contributed by atoms with Crippen LogP contribution in [0.1, 0.15) is 0 Å². The Balaban J connectivity index is 2.95. The summed E-state index contributed by atoms with van der Waals surface area (Å²) in [5.41, 5.74) is 0. The van der Waals surface area contributed by atoms with E-state index in [2.05, 4.69) is 9.97 Å². The highest BCUT2D eigenvalue weighted by Crippen LogP contribution is 2.20. The molecule has 96 valence electrons. The van der Waals surface area contributed by atoms with Gasteiger partial charge in [0, 0.05) is 12.6 Å². The van der Waals surface area contributed by atoms with Gasteiger partial charge in [-0.05, 0) is 6.26 Å². The number of aliphatic hydroxyl groups is 1.